The first kappa shape index (κ1) is 18.4. The Labute approximate surface area is 132 Å². The second kappa shape index (κ2) is 8.10. The van der Waals surface area contributed by atoms with E-state index >= 15 is 0 Å². The average molecular weight is 335 g/mol. The second-order valence-corrected chi connectivity index (χ2v) is 7.28. The smallest absolute Gasteiger partial charge is 0.243 e. The zero-order chi connectivity index (χ0) is 16.0. The zero-order valence-corrected chi connectivity index (χ0v) is 14.5. The van der Waals surface area contributed by atoms with Gasteiger partial charge in [-0.15, -0.1) is 0 Å². The fourth-order valence-corrected chi connectivity index (χ4v) is 3.95. The number of ether oxygens (including phenoxy) is 1. The molecule has 7 heteroatoms. The van der Waals surface area contributed by atoms with Crippen LogP contribution in [0.5, 0.6) is 0 Å². The van der Waals surface area contributed by atoms with Crippen LogP contribution in [-0.4, -0.2) is 46.1 Å². The highest BCUT2D eigenvalue weighted by Crippen LogP contribution is 2.24. The lowest BCUT2D eigenvalue weighted by molar-refractivity contribution is 0.171. The van der Waals surface area contributed by atoms with Gasteiger partial charge in [-0.3, -0.25) is 0 Å². The van der Waals surface area contributed by atoms with Crippen LogP contribution in [-0.2, 0) is 21.3 Å². The Morgan fingerprint density at radius 3 is 2.52 bits per heavy atom. The summed E-state index contributed by atoms with van der Waals surface area (Å²) in [4.78, 5) is 0.206. The van der Waals surface area contributed by atoms with E-state index in [1.165, 1.54) is 10.4 Å². The van der Waals surface area contributed by atoms with Crippen LogP contribution in [0.4, 0.5) is 0 Å². The van der Waals surface area contributed by atoms with Crippen molar-refractivity contribution in [3.63, 3.8) is 0 Å². The summed E-state index contributed by atoms with van der Waals surface area (Å²) >= 11 is 6.16. The van der Waals surface area contributed by atoms with E-state index in [9.17, 15) is 8.42 Å². The summed E-state index contributed by atoms with van der Waals surface area (Å²) in [6.07, 6.45) is 0. The molecule has 0 aliphatic rings. The number of benzene rings is 1. The van der Waals surface area contributed by atoms with Gasteiger partial charge in [-0.2, -0.15) is 4.31 Å². The quantitative estimate of drug-likeness (QED) is 0.791. The molecule has 1 aromatic carbocycles. The van der Waals surface area contributed by atoms with E-state index in [2.05, 4.69) is 5.32 Å². The fourth-order valence-electron chi connectivity index (χ4n) is 1.99. The molecule has 0 aliphatic heterocycles. The van der Waals surface area contributed by atoms with Crippen molar-refractivity contribution in [1.82, 2.24) is 9.62 Å². The van der Waals surface area contributed by atoms with Crippen LogP contribution < -0.4 is 5.32 Å². The van der Waals surface area contributed by atoms with Crippen molar-refractivity contribution >= 4 is 21.6 Å². The highest BCUT2D eigenvalue weighted by atomic mass is 35.5. The van der Waals surface area contributed by atoms with Crippen LogP contribution in [0.25, 0.3) is 0 Å². The monoisotopic (exact) mass is 334 g/mol. The molecule has 0 aromatic heterocycles. The lowest BCUT2D eigenvalue weighted by Crippen LogP contribution is -2.39. The molecule has 0 aliphatic carbocycles. The molecule has 0 bridgehead atoms. The van der Waals surface area contributed by atoms with E-state index in [1.54, 1.807) is 19.2 Å². The third kappa shape index (κ3) is 4.66. The number of hydrogen-bond acceptors (Lipinski definition) is 4. The van der Waals surface area contributed by atoms with Crippen molar-refractivity contribution in [1.29, 1.82) is 0 Å². The van der Waals surface area contributed by atoms with Crippen LogP contribution in [0.3, 0.4) is 0 Å². The van der Waals surface area contributed by atoms with Gasteiger partial charge in [0.2, 0.25) is 10.0 Å². The van der Waals surface area contributed by atoms with Gasteiger partial charge in [-0.1, -0.05) is 17.7 Å². The Kier molecular flexibility index (Phi) is 7.09. The normalized spacial score (nSPS) is 12.3. The maximum atomic E-state index is 12.7. The molecule has 120 valence electrons. The summed E-state index contributed by atoms with van der Waals surface area (Å²) in [6, 6.07) is 4.68. The molecule has 0 unspecified atom stereocenters. The molecule has 0 fully saturated rings. The SMILES string of the molecule is CNCc1ccc(S(=O)(=O)N(CCOC)C(C)C)cc1Cl. The molecule has 5 nitrogen and oxygen atoms in total. The molecule has 0 heterocycles. The Morgan fingerprint density at radius 2 is 2.05 bits per heavy atom. The van der Waals surface area contributed by atoms with Crippen LogP contribution in [0, 0.1) is 0 Å². The molecule has 0 atom stereocenters. The largest absolute Gasteiger partial charge is 0.383 e. The van der Waals surface area contributed by atoms with Crippen molar-refractivity contribution in [2.75, 3.05) is 27.3 Å². The van der Waals surface area contributed by atoms with Gasteiger partial charge in [0.15, 0.2) is 0 Å². The van der Waals surface area contributed by atoms with Crippen LogP contribution in [0.1, 0.15) is 19.4 Å². The van der Waals surface area contributed by atoms with Crippen molar-refractivity contribution in [3.05, 3.63) is 28.8 Å². The van der Waals surface area contributed by atoms with Crippen molar-refractivity contribution in [3.8, 4) is 0 Å². The second-order valence-electron chi connectivity index (χ2n) is 4.99. The third-order valence-corrected chi connectivity index (χ3v) is 5.51. The molecule has 0 amide bonds. The van der Waals surface area contributed by atoms with Gasteiger partial charge < -0.3 is 10.1 Å². The number of methoxy groups -OCH3 is 1. The third-order valence-electron chi connectivity index (χ3n) is 3.09. The van der Waals surface area contributed by atoms with Gasteiger partial charge in [0.25, 0.3) is 0 Å². The number of halogens is 1. The van der Waals surface area contributed by atoms with E-state index in [1.807, 2.05) is 20.9 Å². The van der Waals surface area contributed by atoms with E-state index < -0.39 is 10.0 Å². The number of nitrogens with one attached hydrogen (secondary N) is 1. The topological polar surface area (TPSA) is 58.6 Å². The highest BCUT2D eigenvalue weighted by Gasteiger charge is 2.27. The number of sulfonamides is 1. The van der Waals surface area contributed by atoms with Crippen molar-refractivity contribution < 1.29 is 13.2 Å². The van der Waals surface area contributed by atoms with Crippen molar-refractivity contribution in [2.24, 2.45) is 0 Å². The zero-order valence-electron chi connectivity index (χ0n) is 12.9. The minimum absolute atomic E-state index is 0.152. The molecule has 0 radical (unpaired) electrons. The Balaban J connectivity index is 3.13. The molecule has 21 heavy (non-hydrogen) atoms. The number of hydrogen-bond donors (Lipinski definition) is 1. The van der Waals surface area contributed by atoms with E-state index in [0.29, 0.717) is 24.7 Å². The Hall–Kier alpha value is -0.660. The van der Waals surface area contributed by atoms with Gasteiger partial charge in [-0.05, 0) is 38.6 Å². The van der Waals surface area contributed by atoms with Gasteiger partial charge >= 0.3 is 0 Å². The average Bonchev–Trinajstić information content (AvgIpc) is 2.41. The fraction of sp³-hybridized carbons (Fsp3) is 0.571. The molecule has 1 aromatic rings. The van der Waals surface area contributed by atoms with E-state index in [-0.39, 0.29) is 10.9 Å². The van der Waals surface area contributed by atoms with Crippen LogP contribution >= 0.6 is 11.6 Å². The minimum atomic E-state index is -3.58. The summed E-state index contributed by atoms with van der Waals surface area (Å²) in [5, 5.41) is 3.44. The maximum absolute atomic E-state index is 12.7. The van der Waals surface area contributed by atoms with Gasteiger partial charge in [0.05, 0.1) is 11.5 Å². The Bertz CT molecular complexity index is 561. The minimum Gasteiger partial charge on any atom is -0.383 e. The lowest BCUT2D eigenvalue weighted by Gasteiger charge is -2.25. The molecule has 0 spiro atoms. The first-order valence-electron chi connectivity index (χ1n) is 6.78. The summed E-state index contributed by atoms with van der Waals surface area (Å²) in [5.41, 5.74) is 0.867. The first-order valence-corrected chi connectivity index (χ1v) is 8.60. The first-order chi connectivity index (χ1) is 9.84. The van der Waals surface area contributed by atoms with Crippen molar-refractivity contribution in [2.45, 2.75) is 31.3 Å². The van der Waals surface area contributed by atoms with E-state index in [0.717, 1.165) is 5.56 Å². The predicted octanol–water partition coefficient (Wildman–Crippen LogP) is 2.10. The summed E-state index contributed by atoms with van der Waals surface area (Å²) in [7, 11) is -0.216. The summed E-state index contributed by atoms with van der Waals surface area (Å²) < 4.78 is 31.8. The Morgan fingerprint density at radius 1 is 1.38 bits per heavy atom. The van der Waals surface area contributed by atoms with Crippen LogP contribution in [0.15, 0.2) is 23.1 Å². The van der Waals surface area contributed by atoms with Gasteiger partial charge in [-0.25, -0.2) is 8.42 Å². The van der Waals surface area contributed by atoms with Gasteiger partial charge in [0, 0.05) is 31.3 Å². The van der Waals surface area contributed by atoms with E-state index in [4.69, 9.17) is 16.3 Å². The standard InChI is InChI=1S/C14H23ClN2O3S/c1-11(2)17(7-8-20-4)21(18,19)13-6-5-12(10-16-3)14(15)9-13/h5-6,9,11,16H,7-8,10H2,1-4H3. The summed E-state index contributed by atoms with van der Waals surface area (Å²) in [6.45, 7) is 4.93. The molecular weight excluding hydrogens is 312 g/mol. The number of rotatable bonds is 8. The molecule has 0 saturated heterocycles. The maximum Gasteiger partial charge on any atom is 0.243 e. The van der Waals surface area contributed by atoms with Crippen LogP contribution in [0.2, 0.25) is 5.02 Å². The predicted molar refractivity (Wildman–Crippen MR) is 85.1 cm³/mol. The summed E-state index contributed by atoms with van der Waals surface area (Å²) in [5.74, 6) is 0. The lowest BCUT2D eigenvalue weighted by atomic mass is 10.2. The molecule has 1 N–H and O–H groups in total. The highest BCUT2D eigenvalue weighted by molar-refractivity contribution is 7.89. The molecule has 0 saturated carbocycles. The molecular formula is C14H23ClN2O3S. The number of nitrogens with zero attached hydrogens (tertiary/aromatic N) is 1. The van der Waals surface area contributed by atoms with Gasteiger partial charge in [0.1, 0.15) is 0 Å². The molecule has 1 rings (SSSR count).